The summed E-state index contributed by atoms with van der Waals surface area (Å²) in [5, 5.41) is 16.9. The van der Waals surface area contributed by atoms with Crippen LogP contribution in [0.3, 0.4) is 0 Å². The van der Waals surface area contributed by atoms with E-state index in [1.54, 1.807) is 18.6 Å². The molecule has 0 spiro atoms. The number of non-ortho nitro benzene ring substituents is 1. The fourth-order valence-corrected chi connectivity index (χ4v) is 3.44. The van der Waals surface area contributed by atoms with E-state index in [-0.39, 0.29) is 16.8 Å². The van der Waals surface area contributed by atoms with Crippen LogP contribution in [0, 0.1) is 10.1 Å². The number of hydrogen-bond donors (Lipinski definition) is 1. The highest BCUT2D eigenvalue weighted by Gasteiger charge is 2.14. The van der Waals surface area contributed by atoms with Crippen molar-refractivity contribution in [1.82, 2.24) is 4.98 Å². The van der Waals surface area contributed by atoms with Crippen molar-refractivity contribution in [2.45, 2.75) is 0 Å². The highest BCUT2D eigenvalue weighted by molar-refractivity contribution is 7.14. The number of aromatic nitrogens is 1. The number of nitrogens with one attached hydrogen (secondary N) is 1. The molecule has 4 aromatic rings. The summed E-state index contributed by atoms with van der Waals surface area (Å²) in [6, 6.07) is 13.0. The van der Waals surface area contributed by atoms with Gasteiger partial charge in [0, 0.05) is 22.9 Å². The molecule has 0 aliphatic rings. The van der Waals surface area contributed by atoms with Gasteiger partial charge in [0.1, 0.15) is 11.3 Å². The quantitative estimate of drug-likeness (QED) is 0.299. The molecule has 4 rings (SSSR count). The van der Waals surface area contributed by atoms with Gasteiger partial charge in [-0.15, -0.1) is 11.3 Å². The molecule has 1 N–H and O–H groups in total. The molecule has 0 unspecified atom stereocenters. The van der Waals surface area contributed by atoms with E-state index in [1.165, 1.54) is 29.5 Å². The van der Waals surface area contributed by atoms with Crippen molar-refractivity contribution < 1.29 is 14.1 Å². The summed E-state index contributed by atoms with van der Waals surface area (Å²) >= 11 is 1.31. The maximum absolute atomic E-state index is 12.3. The average molecular weight is 395 g/mol. The Balaban J connectivity index is 1.71. The molecule has 2 heterocycles. The van der Waals surface area contributed by atoms with Crippen LogP contribution in [-0.2, 0) is 0 Å². The molecule has 0 bridgehead atoms. The topological polar surface area (TPSA) is 108 Å². The van der Waals surface area contributed by atoms with Gasteiger partial charge in [-0.05, 0) is 24.3 Å². The standard InChI is InChI=1S/C19H13N3O5S/c1-26-17-5-3-2-4-14(17)20-19-21-15(10-28-19)13-9-11-8-12(22(24)25)6-7-16(11)27-18(13)23/h2-10H,1H3,(H,20,21). The minimum Gasteiger partial charge on any atom is -0.495 e. The van der Waals surface area contributed by atoms with Crippen molar-refractivity contribution in [2.24, 2.45) is 0 Å². The molecular formula is C19H13N3O5S. The summed E-state index contributed by atoms with van der Waals surface area (Å²) in [7, 11) is 1.58. The maximum atomic E-state index is 12.3. The fraction of sp³-hybridized carbons (Fsp3) is 0.0526. The first-order valence-electron chi connectivity index (χ1n) is 8.13. The number of fused-ring (bicyclic) bond motifs is 1. The van der Waals surface area contributed by atoms with Crippen LogP contribution in [-0.4, -0.2) is 17.0 Å². The van der Waals surface area contributed by atoms with Crippen LogP contribution in [0.25, 0.3) is 22.2 Å². The Morgan fingerprint density at radius 3 is 2.82 bits per heavy atom. The molecule has 2 aromatic heterocycles. The lowest BCUT2D eigenvalue weighted by Crippen LogP contribution is -2.03. The van der Waals surface area contributed by atoms with E-state index in [0.717, 1.165) is 5.69 Å². The van der Waals surface area contributed by atoms with Gasteiger partial charge in [0.2, 0.25) is 0 Å². The van der Waals surface area contributed by atoms with Crippen LogP contribution >= 0.6 is 11.3 Å². The summed E-state index contributed by atoms with van der Waals surface area (Å²) in [5.41, 5.74) is 1.04. The van der Waals surface area contributed by atoms with Crippen molar-refractivity contribution in [1.29, 1.82) is 0 Å². The number of methoxy groups -OCH3 is 1. The SMILES string of the molecule is COc1ccccc1Nc1nc(-c2cc3cc([N+](=O)[O-])ccc3oc2=O)cs1. The summed E-state index contributed by atoms with van der Waals surface area (Å²) in [6.45, 7) is 0. The first-order valence-corrected chi connectivity index (χ1v) is 9.01. The molecule has 0 saturated heterocycles. The molecule has 2 aromatic carbocycles. The van der Waals surface area contributed by atoms with Crippen molar-refractivity contribution in [3.63, 3.8) is 0 Å². The van der Waals surface area contributed by atoms with Gasteiger partial charge in [0.25, 0.3) is 5.69 Å². The van der Waals surface area contributed by atoms with Crippen LogP contribution in [0.4, 0.5) is 16.5 Å². The maximum Gasteiger partial charge on any atom is 0.345 e. The van der Waals surface area contributed by atoms with Crippen molar-refractivity contribution in [3.05, 3.63) is 74.4 Å². The first kappa shape index (κ1) is 17.7. The molecule has 0 atom stereocenters. The Morgan fingerprint density at radius 1 is 1.21 bits per heavy atom. The predicted octanol–water partition coefficient (Wildman–Crippen LogP) is 4.58. The highest BCUT2D eigenvalue weighted by atomic mass is 32.1. The monoisotopic (exact) mass is 395 g/mol. The van der Waals surface area contributed by atoms with E-state index < -0.39 is 10.5 Å². The van der Waals surface area contributed by atoms with Gasteiger partial charge in [-0.25, -0.2) is 9.78 Å². The minimum atomic E-state index is -0.560. The number of thiazole rings is 1. The number of nitrogens with zero attached hydrogens (tertiary/aromatic N) is 2. The number of rotatable bonds is 5. The molecule has 0 radical (unpaired) electrons. The second kappa shape index (κ2) is 7.12. The largest absolute Gasteiger partial charge is 0.495 e. The van der Waals surface area contributed by atoms with E-state index in [2.05, 4.69) is 10.3 Å². The summed E-state index contributed by atoms with van der Waals surface area (Å²) < 4.78 is 10.6. The molecule has 0 saturated carbocycles. The zero-order valence-electron chi connectivity index (χ0n) is 14.5. The van der Waals surface area contributed by atoms with E-state index in [4.69, 9.17) is 9.15 Å². The second-order valence-electron chi connectivity index (χ2n) is 5.79. The van der Waals surface area contributed by atoms with Crippen LogP contribution in [0.5, 0.6) is 5.75 Å². The van der Waals surface area contributed by atoms with Crippen LogP contribution in [0.15, 0.2) is 63.1 Å². The van der Waals surface area contributed by atoms with Crippen LogP contribution in [0.1, 0.15) is 0 Å². The smallest absolute Gasteiger partial charge is 0.345 e. The lowest BCUT2D eigenvalue weighted by Gasteiger charge is -2.08. The third-order valence-corrected chi connectivity index (χ3v) is 4.81. The van der Waals surface area contributed by atoms with E-state index in [1.807, 2.05) is 24.3 Å². The summed E-state index contributed by atoms with van der Waals surface area (Å²) in [4.78, 5) is 27.3. The minimum absolute atomic E-state index is 0.0795. The molecule has 0 aliphatic heterocycles. The summed E-state index contributed by atoms with van der Waals surface area (Å²) in [6.07, 6.45) is 0. The van der Waals surface area contributed by atoms with Crippen LogP contribution in [0.2, 0.25) is 0 Å². The predicted molar refractivity (Wildman–Crippen MR) is 107 cm³/mol. The van der Waals surface area contributed by atoms with Gasteiger partial charge in [0.05, 0.1) is 29.0 Å². The molecule has 8 nitrogen and oxygen atoms in total. The van der Waals surface area contributed by atoms with E-state index in [0.29, 0.717) is 22.0 Å². The molecule has 9 heteroatoms. The van der Waals surface area contributed by atoms with Crippen LogP contribution < -0.4 is 15.7 Å². The van der Waals surface area contributed by atoms with Gasteiger partial charge in [0.15, 0.2) is 5.13 Å². The Morgan fingerprint density at radius 2 is 2.04 bits per heavy atom. The highest BCUT2D eigenvalue weighted by Crippen LogP contribution is 2.31. The van der Waals surface area contributed by atoms with E-state index >= 15 is 0 Å². The number of nitro benzene ring substituents is 1. The van der Waals surface area contributed by atoms with Gasteiger partial charge in [-0.2, -0.15) is 0 Å². The third kappa shape index (κ3) is 3.30. The Kier molecular flexibility index (Phi) is 4.50. The molecule has 0 aliphatic carbocycles. The third-order valence-electron chi connectivity index (χ3n) is 4.06. The first-order chi connectivity index (χ1) is 13.5. The number of ether oxygens (including phenoxy) is 1. The fourth-order valence-electron chi connectivity index (χ4n) is 2.72. The number of para-hydroxylation sites is 2. The Labute approximate surface area is 162 Å². The van der Waals surface area contributed by atoms with Crippen molar-refractivity contribution in [3.8, 4) is 17.0 Å². The number of hydrogen-bond acceptors (Lipinski definition) is 8. The molecule has 0 fully saturated rings. The van der Waals surface area contributed by atoms with Crippen molar-refractivity contribution in [2.75, 3.05) is 12.4 Å². The molecule has 0 amide bonds. The number of anilines is 2. The van der Waals surface area contributed by atoms with Gasteiger partial charge in [-0.1, -0.05) is 12.1 Å². The van der Waals surface area contributed by atoms with Gasteiger partial charge >= 0.3 is 5.63 Å². The van der Waals surface area contributed by atoms with Crippen molar-refractivity contribution >= 4 is 38.8 Å². The van der Waals surface area contributed by atoms with E-state index in [9.17, 15) is 14.9 Å². The second-order valence-corrected chi connectivity index (χ2v) is 6.65. The van der Waals surface area contributed by atoms with Gasteiger partial charge in [-0.3, -0.25) is 10.1 Å². The number of benzene rings is 2. The lowest BCUT2D eigenvalue weighted by molar-refractivity contribution is -0.384. The average Bonchev–Trinajstić information content (AvgIpc) is 3.15. The Bertz CT molecular complexity index is 1250. The summed E-state index contributed by atoms with van der Waals surface area (Å²) in [5.74, 6) is 0.664. The number of nitro groups is 1. The zero-order chi connectivity index (χ0) is 19.7. The molecular weight excluding hydrogens is 382 g/mol. The normalized spacial score (nSPS) is 10.8. The molecule has 140 valence electrons. The van der Waals surface area contributed by atoms with Gasteiger partial charge < -0.3 is 14.5 Å². The zero-order valence-corrected chi connectivity index (χ0v) is 15.4. The molecule has 28 heavy (non-hydrogen) atoms. The Hall–Kier alpha value is -3.72. The lowest BCUT2D eigenvalue weighted by atomic mass is 10.1.